The predicted octanol–water partition coefficient (Wildman–Crippen LogP) is 2.28. The van der Waals surface area contributed by atoms with Crippen LogP contribution in [0.1, 0.15) is 20.3 Å². The number of rotatable bonds is 4. The Kier molecular flexibility index (Phi) is 4.13. The van der Waals surface area contributed by atoms with Gasteiger partial charge in [0.25, 0.3) is 0 Å². The fourth-order valence-electron chi connectivity index (χ4n) is 0.922. The van der Waals surface area contributed by atoms with Gasteiger partial charge in [-0.15, -0.1) is 0 Å². The number of nitrogens with one attached hydrogen (secondary N) is 1. The first-order valence-corrected chi connectivity index (χ1v) is 5.44. The van der Waals surface area contributed by atoms with E-state index in [2.05, 4.69) is 45.1 Å². The van der Waals surface area contributed by atoms with Crippen molar-refractivity contribution in [2.24, 2.45) is 5.92 Å². The van der Waals surface area contributed by atoms with Crippen LogP contribution in [-0.4, -0.2) is 16.5 Å². The average molecular weight is 259 g/mol. The minimum Gasteiger partial charge on any atom is -0.383 e. The molecule has 0 aromatic carbocycles. The van der Waals surface area contributed by atoms with Crippen LogP contribution in [0.5, 0.6) is 0 Å². The molecule has 78 valence electrons. The SMILES string of the molecule is CCC(C)CNc1ncnc(N)c1Br. The topological polar surface area (TPSA) is 63.8 Å². The zero-order valence-electron chi connectivity index (χ0n) is 8.42. The molecular weight excluding hydrogens is 244 g/mol. The lowest BCUT2D eigenvalue weighted by Crippen LogP contribution is -2.12. The summed E-state index contributed by atoms with van der Waals surface area (Å²) in [4.78, 5) is 7.96. The summed E-state index contributed by atoms with van der Waals surface area (Å²) in [5, 5.41) is 3.23. The molecule has 1 atom stereocenters. The van der Waals surface area contributed by atoms with E-state index in [4.69, 9.17) is 5.73 Å². The number of nitrogens with zero attached hydrogens (tertiary/aromatic N) is 2. The van der Waals surface area contributed by atoms with Gasteiger partial charge in [0.2, 0.25) is 0 Å². The van der Waals surface area contributed by atoms with E-state index >= 15 is 0 Å². The van der Waals surface area contributed by atoms with Crippen molar-refractivity contribution in [2.45, 2.75) is 20.3 Å². The Morgan fingerprint density at radius 3 is 2.93 bits per heavy atom. The van der Waals surface area contributed by atoms with Crippen LogP contribution in [0.4, 0.5) is 11.6 Å². The van der Waals surface area contributed by atoms with Crippen molar-refractivity contribution in [3.8, 4) is 0 Å². The third-order valence-corrected chi connectivity index (χ3v) is 2.91. The number of halogens is 1. The summed E-state index contributed by atoms with van der Waals surface area (Å²) in [6.07, 6.45) is 2.60. The van der Waals surface area contributed by atoms with E-state index in [1.54, 1.807) is 0 Å². The van der Waals surface area contributed by atoms with Crippen molar-refractivity contribution in [1.29, 1.82) is 0 Å². The smallest absolute Gasteiger partial charge is 0.145 e. The molecule has 14 heavy (non-hydrogen) atoms. The third kappa shape index (κ3) is 2.83. The summed E-state index contributed by atoms with van der Waals surface area (Å²) >= 11 is 3.34. The van der Waals surface area contributed by atoms with Crippen LogP contribution < -0.4 is 11.1 Å². The molecule has 0 saturated carbocycles. The van der Waals surface area contributed by atoms with E-state index in [0.717, 1.165) is 23.3 Å². The molecule has 0 bridgehead atoms. The van der Waals surface area contributed by atoms with Gasteiger partial charge in [-0.05, 0) is 21.8 Å². The van der Waals surface area contributed by atoms with Gasteiger partial charge in [0, 0.05) is 6.54 Å². The van der Waals surface area contributed by atoms with Crippen molar-refractivity contribution in [1.82, 2.24) is 9.97 Å². The van der Waals surface area contributed by atoms with E-state index in [0.29, 0.717) is 11.7 Å². The largest absolute Gasteiger partial charge is 0.383 e. The molecule has 0 radical (unpaired) electrons. The first-order chi connectivity index (χ1) is 6.65. The molecule has 0 aliphatic heterocycles. The van der Waals surface area contributed by atoms with Gasteiger partial charge in [0.1, 0.15) is 22.4 Å². The molecule has 1 rings (SSSR count). The number of hydrogen-bond acceptors (Lipinski definition) is 4. The standard InChI is InChI=1S/C9H15BrN4/c1-3-6(2)4-12-9-7(10)8(11)13-5-14-9/h5-6H,3-4H2,1-2H3,(H3,11,12,13,14). The molecule has 0 aliphatic carbocycles. The van der Waals surface area contributed by atoms with Crippen LogP contribution in [0.25, 0.3) is 0 Å². The molecular formula is C9H15BrN4. The van der Waals surface area contributed by atoms with Gasteiger partial charge in [-0.2, -0.15) is 0 Å². The highest BCUT2D eigenvalue weighted by molar-refractivity contribution is 9.10. The van der Waals surface area contributed by atoms with Crippen molar-refractivity contribution in [3.05, 3.63) is 10.8 Å². The Labute approximate surface area is 92.5 Å². The maximum atomic E-state index is 5.62. The lowest BCUT2D eigenvalue weighted by Gasteiger charge is -2.11. The van der Waals surface area contributed by atoms with Crippen molar-refractivity contribution in [2.75, 3.05) is 17.6 Å². The van der Waals surface area contributed by atoms with Crippen LogP contribution in [0.3, 0.4) is 0 Å². The Hall–Kier alpha value is -0.840. The zero-order chi connectivity index (χ0) is 10.6. The molecule has 3 N–H and O–H groups in total. The van der Waals surface area contributed by atoms with Gasteiger partial charge in [-0.1, -0.05) is 20.3 Å². The van der Waals surface area contributed by atoms with Gasteiger partial charge < -0.3 is 11.1 Å². The third-order valence-electron chi connectivity index (χ3n) is 2.13. The molecule has 0 fully saturated rings. The van der Waals surface area contributed by atoms with Crippen LogP contribution >= 0.6 is 15.9 Å². The predicted molar refractivity (Wildman–Crippen MR) is 62.1 cm³/mol. The van der Waals surface area contributed by atoms with Gasteiger partial charge in [-0.25, -0.2) is 9.97 Å². The van der Waals surface area contributed by atoms with E-state index in [-0.39, 0.29) is 0 Å². The van der Waals surface area contributed by atoms with E-state index in [1.165, 1.54) is 6.33 Å². The number of anilines is 2. The van der Waals surface area contributed by atoms with Gasteiger partial charge in [0.05, 0.1) is 0 Å². The van der Waals surface area contributed by atoms with E-state index in [1.807, 2.05) is 0 Å². The fraction of sp³-hybridized carbons (Fsp3) is 0.556. The maximum absolute atomic E-state index is 5.62. The zero-order valence-corrected chi connectivity index (χ0v) is 10.0. The first-order valence-electron chi connectivity index (χ1n) is 4.65. The normalized spacial score (nSPS) is 12.5. The molecule has 1 heterocycles. The molecule has 4 nitrogen and oxygen atoms in total. The second kappa shape index (κ2) is 5.14. The molecule has 0 amide bonds. The minimum atomic E-state index is 0.464. The number of nitrogens with two attached hydrogens (primary N) is 1. The highest BCUT2D eigenvalue weighted by Gasteiger charge is 2.06. The molecule has 0 aliphatic rings. The number of nitrogen functional groups attached to an aromatic ring is 1. The summed E-state index contributed by atoms with van der Waals surface area (Å²) in [6.45, 7) is 5.24. The molecule has 1 unspecified atom stereocenters. The lowest BCUT2D eigenvalue weighted by atomic mass is 10.1. The quantitative estimate of drug-likeness (QED) is 0.870. The van der Waals surface area contributed by atoms with Crippen LogP contribution in [0.15, 0.2) is 10.8 Å². The molecule has 0 saturated heterocycles. The average Bonchev–Trinajstić information content (AvgIpc) is 2.20. The molecule has 5 heteroatoms. The van der Waals surface area contributed by atoms with E-state index < -0.39 is 0 Å². The monoisotopic (exact) mass is 258 g/mol. The van der Waals surface area contributed by atoms with Crippen molar-refractivity contribution >= 4 is 27.6 Å². The van der Waals surface area contributed by atoms with Crippen LogP contribution in [0.2, 0.25) is 0 Å². The van der Waals surface area contributed by atoms with Gasteiger partial charge >= 0.3 is 0 Å². The van der Waals surface area contributed by atoms with Crippen molar-refractivity contribution in [3.63, 3.8) is 0 Å². The maximum Gasteiger partial charge on any atom is 0.145 e. The lowest BCUT2D eigenvalue weighted by molar-refractivity contribution is 0.592. The van der Waals surface area contributed by atoms with E-state index in [9.17, 15) is 0 Å². The Bertz CT molecular complexity index is 303. The molecule has 1 aromatic rings. The Morgan fingerprint density at radius 1 is 1.57 bits per heavy atom. The summed E-state index contributed by atoms with van der Waals surface area (Å²) in [7, 11) is 0. The summed E-state index contributed by atoms with van der Waals surface area (Å²) < 4.78 is 0.739. The summed E-state index contributed by atoms with van der Waals surface area (Å²) in [5.74, 6) is 1.85. The highest BCUT2D eigenvalue weighted by atomic mass is 79.9. The second-order valence-corrected chi connectivity index (χ2v) is 4.11. The molecule has 1 aromatic heterocycles. The highest BCUT2D eigenvalue weighted by Crippen LogP contribution is 2.24. The minimum absolute atomic E-state index is 0.464. The first kappa shape index (κ1) is 11.2. The number of hydrogen-bond donors (Lipinski definition) is 2. The second-order valence-electron chi connectivity index (χ2n) is 3.32. The van der Waals surface area contributed by atoms with Crippen LogP contribution in [-0.2, 0) is 0 Å². The fourth-order valence-corrected chi connectivity index (χ4v) is 1.27. The van der Waals surface area contributed by atoms with Crippen molar-refractivity contribution < 1.29 is 0 Å². The van der Waals surface area contributed by atoms with Gasteiger partial charge in [-0.3, -0.25) is 0 Å². The van der Waals surface area contributed by atoms with Gasteiger partial charge in [0.15, 0.2) is 0 Å². The molecule has 0 spiro atoms. The Balaban J connectivity index is 2.63. The summed E-state index contributed by atoms with van der Waals surface area (Å²) in [6, 6.07) is 0. The Morgan fingerprint density at radius 2 is 2.29 bits per heavy atom. The van der Waals surface area contributed by atoms with Crippen LogP contribution in [0, 0.1) is 5.92 Å². The number of aromatic nitrogens is 2. The summed E-state index contributed by atoms with van der Waals surface area (Å²) in [5.41, 5.74) is 5.62.